The minimum Gasteiger partial charge on any atom is -0.494 e. The number of aromatic carboxylic acids is 2. The molecule has 0 saturated carbocycles. The van der Waals surface area contributed by atoms with Crippen LogP contribution in [-0.2, 0) is 0 Å². The molecule has 0 amide bonds. The molecule has 7 nitrogen and oxygen atoms in total. The Morgan fingerprint density at radius 3 is 2.35 bits per heavy atom. The van der Waals surface area contributed by atoms with Gasteiger partial charge in [0.2, 0.25) is 0 Å². The van der Waals surface area contributed by atoms with Gasteiger partial charge in [0, 0.05) is 0 Å². The van der Waals surface area contributed by atoms with Crippen molar-refractivity contribution in [3.05, 3.63) is 41.2 Å². The molecule has 0 aliphatic carbocycles. The molecule has 2 aromatic rings. The quantitative estimate of drug-likeness (QED) is 0.879. The van der Waals surface area contributed by atoms with E-state index in [1.165, 1.54) is 18.7 Å². The number of hydrogen-bond acceptors (Lipinski definition) is 4. The van der Waals surface area contributed by atoms with Crippen molar-refractivity contribution >= 4 is 11.9 Å². The number of benzene rings is 1. The summed E-state index contributed by atoms with van der Waals surface area (Å²) >= 11 is 0. The predicted octanol–water partition coefficient (Wildman–Crippen LogP) is 1.59. The molecule has 0 aliphatic rings. The van der Waals surface area contributed by atoms with Gasteiger partial charge < -0.3 is 14.9 Å². The van der Waals surface area contributed by atoms with E-state index in [1.54, 1.807) is 24.3 Å². The smallest absolute Gasteiger partial charge is 0.357 e. The SMILES string of the molecule is COc1ccccc1-n1nc(C(=O)O)c(C(=O)O)c1C. The van der Waals surface area contributed by atoms with Crippen molar-refractivity contribution in [3.63, 3.8) is 0 Å². The summed E-state index contributed by atoms with van der Waals surface area (Å²) in [5.41, 5.74) is -0.133. The van der Waals surface area contributed by atoms with E-state index in [-0.39, 0.29) is 11.3 Å². The second-order valence-corrected chi connectivity index (χ2v) is 4.00. The lowest BCUT2D eigenvalue weighted by Crippen LogP contribution is -2.07. The van der Waals surface area contributed by atoms with Crippen LogP contribution in [0.15, 0.2) is 24.3 Å². The molecule has 0 aliphatic heterocycles. The van der Waals surface area contributed by atoms with Gasteiger partial charge in [0.1, 0.15) is 17.0 Å². The van der Waals surface area contributed by atoms with Gasteiger partial charge in [0.15, 0.2) is 5.69 Å². The highest BCUT2D eigenvalue weighted by molar-refractivity contribution is 6.01. The monoisotopic (exact) mass is 276 g/mol. The average molecular weight is 276 g/mol. The van der Waals surface area contributed by atoms with Crippen molar-refractivity contribution in [1.29, 1.82) is 0 Å². The van der Waals surface area contributed by atoms with E-state index in [0.29, 0.717) is 11.4 Å². The van der Waals surface area contributed by atoms with Gasteiger partial charge in [-0.3, -0.25) is 0 Å². The van der Waals surface area contributed by atoms with E-state index < -0.39 is 17.6 Å². The molecule has 0 fully saturated rings. The molecule has 2 rings (SSSR count). The zero-order valence-electron chi connectivity index (χ0n) is 10.8. The molecule has 0 bridgehead atoms. The van der Waals surface area contributed by atoms with E-state index in [0.717, 1.165) is 0 Å². The molecule has 1 heterocycles. The van der Waals surface area contributed by atoms with Crippen molar-refractivity contribution in [2.45, 2.75) is 6.92 Å². The van der Waals surface area contributed by atoms with Crippen molar-refractivity contribution in [3.8, 4) is 11.4 Å². The average Bonchev–Trinajstić information content (AvgIpc) is 2.76. The van der Waals surface area contributed by atoms with Crippen molar-refractivity contribution in [2.75, 3.05) is 7.11 Å². The maximum atomic E-state index is 11.2. The Balaban J connectivity index is 2.73. The Morgan fingerprint density at radius 1 is 1.20 bits per heavy atom. The number of para-hydroxylation sites is 2. The minimum atomic E-state index is -1.39. The van der Waals surface area contributed by atoms with Gasteiger partial charge in [-0.05, 0) is 19.1 Å². The summed E-state index contributed by atoms with van der Waals surface area (Å²) in [6.45, 7) is 1.50. The van der Waals surface area contributed by atoms with Crippen LogP contribution in [0.3, 0.4) is 0 Å². The van der Waals surface area contributed by atoms with E-state index in [4.69, 9.17) is 14.9 Å². The summed E-state index contributed by atoms with van der Waals surface area (Å²) < 4.78 is 6.42. The molecule has 0 radical (unpaired) electrons. The highest BCUT2D eigenvalue weighted by Gasteiger charge is 2.26. The molecule has 0 unspecified atom stereocenters. The number of hydrogen-bond donors (Lipinski definition) is 2. The molecule has 0 spiro atoms. The Kier molecular flexibility index (Phi) is 3.43. The van der Waals surface area contributed by atoms with Crippen LogP contribution in [-0.4, -0.2) is 39.0 Å². The Bertz CT molecular complexity index is 690. The number of carbonyl (C=O) groups is 2. The topological polar surface area (TPSA) is 102 Å². The van der Waals surface area contributed by atoms with Gasteiger partial charge in [-0.1, -0.05) is 12.1 Å². The summed E-state index contributed by atoms with van der Waals surface area (Å²) in [5.74, 6) is -2.26. The summed E-state index contributed by atoms with van der Waals surface area (Å²) in [7, 11) is 1.47. The molecule has 1 aromatic carbocycles. The summed E-state index contributed by atoms with van der Waals surface area (Å²) in [6, 6.07) is 6.81. The maximum absolute atomic E-state index is 11.2. The largest absolute Gasteiger partial charge is 0.494 e. The Morgan fingerprint density at radius 2 is 1.85 bits per heavy atom. The van der Waals surface area contributed by atoms with Crippen LogP contribution in [0, 0.1) is 6.92 Å². The second kappa shape index (κ2) is 5.04. The van der Waals surface area contributed by atoms with E-state index in [9.17, 15) is 9.59 Å². The third kappa shape index (κ3) is 2.09. The second-order valence-electron chi connectivity index (χ2n) is 4.00. The number of carboxylic acids is 2. The highest BCUT2D eigenvalue weighted by atomic mass is 16.5. The fourth-order valence-electron chi connectivity index (χ4n) is 1.95. The van der Waals surface area contributed by atoms with E-state index in [1.807, 2.05) is 0 Å². The van der Waals surface area contributed by atoms with Crippen molar-refractivity contribution in [1.82, 2.24) is 9.78 Å². The third-order valence-electron chi connectivity index (χ3n) is 2.85. The molecule has 2 N–H and O–H groups in total. The van der Waals surface area contributed by atoms with Gasteiger partial charge in [-0.25, -0.2) is 14.3 Å². The maximum Gasteiger partial charge on any atom is 0.357 e. The van der Waals surface area contributed by atoms with Crippen LogP contribution < -0.4 is 4.74 Å². The van der Waals surface area contributed by atoms with Gasteiger partial charge in [-0.15, -0.1) is 0 Å². The normalized spacial score (nSPS) is 10.3. The Hall–Kier alpha value is -2.83. The first-order chi connectivity index (χ1) is 9.47. The van der Waals surface area contributed by atoms with E-state index >= 15 is 0 Å². The van der Waals surface area contributed by atoms with Crippen molar-refractivity contribution in [2.24, 2.45) is 0 Å². The molecule has 7 heteroatoms. The van der Waals surface area contributed by atoms with Crippen LogP contribution in [0.1, 0.15) is 26.5 Å². The highest BCUT2D eigenvalue weighted by Crippen LogP contribution is 2.25. The lowest BCUT2D eigenvalue weighted by molar-refractivity contribution is 0.0648. The van der Waals surface area contributed by atoms with Crippen molar-refractivity contribution < 1.29 is 24.5 Å². The first-order valence-corrected chi connectivity index (χ1v) is 5.67. The fourth-order valence-corrected chi connectivity index (χ4v) is 1.95. The summed E-state index contributed by atoms with van der Waals surface area (Å²) in [5, 5.41) is 22.1. The Labute approximate surface area is 114 Å². The number of carboxylic acid groups (broad SMARTS) is 2. The molecule has 20 heavy (non-hydrogen) atoms. The molecule has 0 atom stereocenters. The minimum absolute atomic E-state index is 0.222. The number of rotatable bonds is 4. The summed E-state index contributed by atoms with van der Waals surface area (Å²) in [6.07, 6.45) is 0. The predicted molar refractivity (Wildman–Crippen MR) is 68.8 cm³/mol. The van der Waals surface area contributed by atoms with Crippen LogP contribution in [0.4, 0.5) is 0 Å². The van der Waals surface area contributed by atoms with Gasteiger partial charge in [0.25, 0.3) is 0 Å². The van der Waals surface area contributed by atoms with Gasteiger partial charge in [-0.2, -0.15) is 5.10 Å². The molecule has 0 saturated heterocycles. The third-order valence-corrected chi connectivity index (χ3v) is 2.85. The zero-order chi connectivity index (χ0) is 14.9. The van der Waals surface area contributed by atoms with Crippen LogP contribution in [0.2, 0.25) is 0 Å². The summed E-state index contributed by atoms with van der Waals surface area (Å²) in [4.78, 5) is 22.3. The molecular weight excluding hydrogens is 264 g/mol. The van der Waals surface area contributed by atoms with Crippen LogP contribution in [0.25, 0.3) is 5.69 Å². The lowest BCUT2D eigenvalue weighted by Gasteiger charge is -2.09. The number of methoxy groups -OCH3 is 1. The zero-order valence-corrected chi connectivity index (χ0v) is 10.8. The van der Waals surface area contributed by atoms with Gasteiger partial charge in [0.05, 0.1) is 12.8 Å². The lowest BCUT2D eigenvalue weighted by atomic mass is 10.2. The van der Waals surface area contributed by atoms with Gasteiger partial charge >= 0.3 is 11.9 Å². The first-order valence-electron chi connectivity index (χ1n) is 5.67. The van der Waals surface area contributed by atoms with E-state index in [2.05, 4.69) is 5.10 Å². The molecule has 104 valence electrons. The first kappa shape index (κ1) is 13.6. The number of aromatic nitrogens is 2. The number of nitrogens with zero attached hydrogens (tertiary/aromatic N) is 2. The standard InChI is InChI=1S/C13H12N2O5/c1-7-10(12(16)17)11(13(18)19)14-15(7)8-5-3-4-6-9(8)20-2/h3-6H,1-2H3,(H,16,17)(H,18,19). The van der Waals surface area contributed by atoms with Crippen LogP contribution in [0.5, 0.6) is 5.75 Å². The van der Waals surface area contributed by atoms with Crippen LogP contribution >= 0.6 is 0 Å². The molecule has 1 aromatic heterocycles. The number of ether oxygens (including phenoxy) is 1. The molecular formula is C13H12N2O5. The fraction of sp³-hybridized carbons (Fsp3) is 0.154.